The lowest BCUT2D eigenvalue weighted by Gasteiger charge is -2.17. The zero-order valence-corrected chi connectivity index (χ0v) is 9.21. The molecular weight excluding hydrogens is 178 g/mol. The van der Waals surface area contributed by atoms with Gasteiger partial charge in [0.2, 0.25) is 0 Å². The molecule has 1 rings (SSSR count). The highest BCUT2D eigenvalue weighted by Gasteiger charge is 2.31. The Morgan fingerprint density at radius 3 is 2.93 bits per heavy atom. The van der Waals surface area contributed by atoms with Crippen molar-refractivity contribution >= 4 is 0 Å². The molecule has 1 aliphatic heterocycles. The van der Waals surface area contributed by atoms with Crippen molar-refractivity contribution in [1.82, 2.24) is 5.32 Å². The van der Waals surface area contributed by atoms with Crippen LogP contribution in [0.15, 0.2) is 12.7 Å². The third kappa shape index (κ3) is 4.22. The molecule has 0 spiro atoms. The summed E-state index contributed by atoms with van der Waals surface area (Å²) in [5.74, 6) is -0.395. The monoisotopic (exact) mass is 199 g/mol. The summed E-state index contributed by atoms with van der Waals surface area (Å²) < 4.78 is 11.1. The summed E-state index contributed by atoms with van der Waals surface area (Å²) in [6.45, 7) is 10.2. The first-order chi connectivity index (χ1) is 6.64. The van der Waals surface area contributed by atoms with Crippen molar-refractivity contribution in [2.75, 3.05) is 19.7 Å². The van der Waals surface area contributed by atoms with Crippen molar-refractivity contribution in [1.29, 1.82) is 0 Å². The molecule has 0 aromatic carbocycles. The highest BCUT2D eigenvalue weighted by atomic mass is 16.7. The number of rotatable bonds is 6. The van der Waals surface area contributed by atoms with Crippen LogP contribution in [-0.4, -0.2) is 31.6 Å². The molecule has 0 unspecified atom stereocenters. The number of hydrogen-bond donors (Lipinski definition) is 1. The summed E-state index contributed by atoms with van der Waals surface area (Å²) in [5, 5.41) is 3.35. The molecule has 3 nitrogen and oxygen atoms in total. The van der Waals surface area contributed by atoms with Gasteiger partial charge in [-0.1, -0.05) is 6.08 Å². The minimum absolute atomic E-state index is 0.203. The molecule has 0 aromatic heterocycles. The molecule has 82 valence electrons. The molecule has 1 atom stereocenters. The molecule has 0 amide bonds. The maximum Gasteiger partial charge on any atom is 0.163 e. The van der Waals surface area contributed by atoms with Crippen molar-refractivity contribution in [2.24, 2.45) is 0 Å². The van der Waals surface area contributed by atoms with Crippen LogP contribution in [0.3, 0.4) is 0 Å². The fraction of sp³-hybridized carbons (Fsp3) is 0.818. The molecule has 3 heteroatoms. The number of allylic oxidation sites excluding steroid dienone is 1. The van der Waals surface area contributed by atoms with E-state index in [1.807, 2.05) is 19.9 Å². The van der Waals surface area contributed by atoms with Crippen molar-refractivity contribution in [3.05, 3.63) is 12.7 Å². The van der Waals surface area contributed by atoms with Crippen LogP contribution in [0.5, 0.6) is 0 Å². The van der Waals surface area contributed by atoms with E-state index in [0.29, 0.717) is 6.61 Å². The Morgan fingerprint density at radius 2 is 2.36 bits per heavy atom. The standard InChI is InChI=1S/C11H21NO2/c1-4-5-6-7-12-8-10-9-13-11(2,3)14-10/h4,10,12H,1,5-9H2,2-3H3/t10-/m0/s1. The van der Waals surface area contributed by atoms with E-state index in [9.17, 15) is 0 Å². The predicted molar refractivity (Wildman–Crippen MR) is 57.2 cm³/mol. The Hall–Kier alpha value is -0.380. The second-order valence-electron chi connectivity index (χ2n) is 4.09. The Kier molecular flexibility index (Phi) is 4.58. The van der Waals surface area contributed by atoms with Gasteiger partial charge in [-0.15, -0.1) is 6.58 Å². The molecule has 1 heterocycles. The maximum absolute atomic E-state index is 5.65. The van der Waals surface area contributed by atoms with Crippen LogP contribution < -0.4 is 5.32 Å². The van der Waals surface area contributed by atoms with E-state index in [4.69, 9.17) is 9.47 Å². The molecule has 0 bridgehead atoms. The minimum atomic E-state index is -0.395. The van der Waals surface area contributed by atoms with Crippen LogP contribution in [-0.2, 0) is 9.47 Å². The summed E-state index contributed by atoms with van der Waals surface area (Å²) in [4.78, 5) is 0. The van der Waals surface area contributed by atoms with Gasteiger partial charge in [0, 0.05) is 6.54 Å². The molecule has 14 heavy (non-hydrogen) atoms. The SMILES string of the molecule is C=CCCCNC[C@H]1COC(C)(C)O1. The van der Waals surface area contributed by atoms with Crippen molar-refractivity contribution in [3.8, 4) is 0 Å². The fourth-order valence-electron chi connectivity index (χ4n) is 1.50. The van der Waals surface area contributed by atoms with Gasteiger partial charge < -0.3 is 14.8 Å². The fourth-order valence-corrected chi connectivity index (χ4v) is 1.50. The van der Waals surface area contributed by atoms with Crippen LogP contribution in [0, 0.1) is 0 Å². The molecule has 1 saturated heterocycles. The van der Waals surface area contributed by atoms with E-state index >= 15 is 0 Å². The molecular formula is C11H21NO2. The zero-order chi connectivity index (χ0) is 10.4. The van der Waals surface area contributed by atoms with Crippen LogP contribution in [0.2, 0.25) is 0 Å². The van der Waals surface area contributed by atoms with Crippen LogP contribution in [0.25, 0.3) is 0 Å². The van der Waals surface area contributed by atoms with Gasteiger partial charge in [0.15, 0.2) is 5.79 Å². The van der Waals surface area contributed by atoms with E-state index in [1.54, 1.807) is 0 Å². The minimum Gasteiger partial charge on any atom is -0.348 e. The first-order valence-corrected chi connectivity index (χ1v) is 5.27. The summed E-state index contributed by atoms with van der Waals surface area (Å²) in [6, 6.07) is 0. The quantitative estimate of drug-likeness (QED) is 0.521. The van der Waals surface area contributed by atoms with Crippen molar-refractivity contribution < 1.29 is 9.47 Å². The number of hydrogen-bond acceptors (Lipinski definition) is 3. The number of ether oxygens (including phenoxy) is 2. The molecule has 0 radical (unpaired) electrons. The predicted octanol–water partition coefficient (Wildman–Crippen LogP) is 1.69. The molecule has 1 N–H and O–H groups in total. The topological polar surface area (TPSA) is 30.5 Å². The average Bonchev–Trinajstić information content (AvgIpc) is 2.45. The molecule has 1 fully saturated rings. The first kappa shape index (κ1) is 11.7. The second kappa shape index (κ2) is 5.49. The van der Waals surface area contributed by atoms with E-state index in [-0.39, 0.29) is 6.10 Å². The smallest absolute Gasteiger partial charge is 0.163 e. The Bertz CT molecular complexity index is 180. The Balaban J connectivity index is 2.00. The van der Waals surface area contributed by atoms with Crippen LogP contribution >= 0.6 is 0 Å². The van der Waals surface area contributed by atoms with E-state index in [1.165, 1.54) is 0 Å². The van der Waals surface area contributed by atoms with Gasteiger partial charge in [-0.3, -0.25) is 0 Å². The highest BCUT2D eigenvalue weighted by Crippen LogP contribution is 2.21. The van der Waals surface area contributed by atoms with Crippen LogP contribution in [0.4, 0.5) is 0 Å². The summed E-state index contributed by atoms with van der Waals surface area (Å²) in [6.07, 6.45) is 4.36. The van der Waals surface area contributed by atoms with Gasteiger partial charge in [0.25, 0.3) is 0 Å². The summed E-state index contributed by atoms with van der Waals surface area (Å²) in [7, 11) is 0. The van der Waals surface area contributed by atoms with E-state index < -0.39 is 5.79 Å². The van der Waals surface area contributed by atoms with E-state index in [0.717, 1.165) is 25.9 Å². The third-order valence-corrected chi connectivity index (χ3v) is 2.20. The molecule has 0 aromatic rings. The van der Waals surface area contributed by atoms with Gasteiger partial charge in [0.1, 0.15) is 0 Å². The Labute approximate surface area is 86.5 Å². The lowest BCUT2D eigenvalue weighted by Crippen LogP contribution is -2.31. The molecule has 0 saturated carbocycles. The lowest BCUT2D eigenvalue weighted by molar-refractivity contribution is -0.137. The Morgan fingerprint density at radius 1 is 1.57 bits per heavy atom. The van der Waals surface area contributed by atoms with Gasteiger partial charge >= 0.3 is 0 Å². The molecule has 1 aliphatic rings. The van der Waals surface area contributed by atoms with Crippen molar-refractivity contribution in [2.45, 2.75) is 38.6 Å². The largest absolute Gasteiger partial charge is 0.348 e. The third-order valence-electron chi connectivity index (χ3n) is 2.20. The van der Waals surface area contributed by atoms with Gasteiger partial charge in [-0.25, -0.2) is 0 Å². The maximum atomic E-state index is 5.65. The summed E-state index contributed by atoms with van der Waals surface area (Å²) in [5.41, 5.74) is 0. The normalized spacial score (nSPS) is 25.1. The number of unbranched alkanes of at least 4 members (excludes halogenated alkanes) is 1. The van der Waals surface area contributed by atoms with Crippen molar-refractivity contribution in [3.63, 3.8) is 0 Å². The first-order valence-electron chi connectivity index (χ1n) is 5.27. The summed E-state index contributed by atoms with van der Waals surface area (Å²) >= 11 is 0. The van der Waals surface area contributed by atoms with Gasteiger partial charge in [-0.05, 0) is 33.2 Å². The lowest BCUT2D eigenvalue weighted by atomic mass is 10.3. The average molecular weight is 199 g/mol. The van der Waals surface area contributed by atoms with Gasteiger partial charge in [0.05, 0.1) is 12.7 Å². The highest BCUT2D eigenvalue weighted by molar-refractivity contribution is 4.73. The second-order valence-corrected chi connectivity index (χ2v) is 4.09. The van der Waals surface area contributed by atoms with Gasteiger partial charge in [-0.2, -0.15) is 0 Å². The molecule has 0 aliphatic carbocycles. The van der Waals surface area contributed by atoms with Crippen LogP contribution in [0.1, 0.15) is 26.7 Å². The number of nitrogens with one attached hydrogen (secondary N) is 1. The van der Waals surface area contributed by atoms with E-state index in [2.05, 4.69) is 11.9 Å². The zero-order valence-electron chi connectivity index (χ0n) is 9.21.